The minimum absolute atomic E-state index is 0. The smallest absolute Gasteiger partial charge is 0.358 e. The van der Waals surface area contributed by atoms with E-state index in [0.29, 0.717) is 0 Å². The van der Waals surface area contributed by atoms with Crippen molar-refractivity contribution in [2.75, 3.05) is 0 Å². The fraction of sp³-hybridized carbons (Fsp3) is 0.333. The molecule has 0 spiro atoms. The third kappa shape index (κ3) is 7.39. The molecule has 4 aromatic carbocycles. The molecule has 0 nitrogen and oxygen atoms in total. The van der Waals surface area contributed by atoms with Crippen LogP contribution in [0.2, 0.25) is 0 Å². The van der Waals surface area contributed by atoms with Crippen LogP contribution in [0.3, 0.4) is 0 Å². The standard InChI is InChI=1S/2C14H17.2CH3.Si.Zr/c2*1-3-7-13-11(4-2)10-12-8-5-6-9-14(12)13;;;;/h2*5-6,8-10H,3-4,7H2,1-2H3;2*1H3;;/q4*-1;;+4. The van der Waals surface area contributed by atoms with Gasteiger partial charge < -0.3 is 14.9 Å². The van der Waals surface area contributed by atoms with Gasteiger partial charge in [-0.1, -0.05) is 65.5 Å². The topological polar surface area (TPSA) is 0 Å². The Labute approximate surface area is 221 Å². The maximum absolute atomic E-state index is 2.35. The van der Waals surface area contributed by atoms with Crippen LogP contribution in [0.5, 0.6) is 0 Å². The quantitative estimate of drug-likeness (QED) is 0.176. The van der Waals surface area contributed by atoms with Gasteiger partial charge >= 0.3 is 26.2 Å². The van der Waals surface area contributed by atoms with Gasteiger partial charge in [-0.3, -0.25) is 0 Å². The Morgan fingerprint density at radius 3 is 1.25 bits per heavy atom. The summed E-state index contributed by atoms with van der Waals surface area (Å²) < 4.78 is 0. The summed E-state index contributed by atoms with van der Waals surface area (Å²) in [6.45, 7) is 8.99. The molecule has 0 fully saturated rings. The molecule has 0 heterocycles. The van der Waals surface area contributed by atoms with Crippen LogP contribution >= 0.6 is 0 Å². The Hall–Kier alpha value is -1.24. The van der Waals surface area contributed by atoms with E-state index < -0.39 is 0 Å². The van der Waals surface area contributed by atoms with Crippen molar-refractivity contribution in [1.82, 2.24) is 0 Å². The van der Waals surface area contributed by atoms with Gasteiger partial charge in [0.25, 0.3) is 0 Å². The molecule has 0 N–H and O–H groups in total. The Morgan fingerprint density at radius 2 is 0.938 bits per heavy atom. The molecule has 4 aromatic rings. The molecule has 4 rings (SSSR count). The van der Waals surface area contributed by atoms with E-state index in [-0.39, 0.29) is 52.0 Å². The predicted molar refractivity (Wildman–Crippen MR) is 144 cm³/mol. The second kappa shape index (κ2) is 16.4. The zero-order valence-corrected chi connectivity index (χ0v) is 24.5. The predicted octanol–water partition coefficient (Wildman–Crippen LogP) is 8.66. The normalized spacial score (nSPS) is 9.62. The molecule has 2 heteroatoms. The largest absolute Gasteiger partial charge is 4.00 e. The zero-order valence-electron chi connectivity index (χ0n) is 21.0. The van der Waals surface area contributed by atoms with Crippen molar-refractivity contribution in [2.24, 2.45) is 0 Å². The molecule has 0 saturated carbocycles. The Balaban J connectivity index is 0. The molecule has 0 amide bonds. The summed E-state index contributed by atoms with van der Waals surface area (Å²) in [7, 11) is 0. The van der Waals surface area contributed by atoms with Gasteiger partial charge in [0.2, 0.25) is 0 Å². The molecule has 0 aliphatic heterocycles. The molecule has 0 aliphatic carbocycles. The maximum Gasteiger partial charge on any atom is 4.00 e. The Morgan fingerprint density at radius 1 is 0.594 bits per heavy atom. The molecule has 4 radical (unpaired) electrons. The van der Waals surface area contributed by atoms with Crippen LogP contribution in [0.4, 0.5) is 0 Å². The second-order valence-corrected chi connectivity index (χ2v) is 7.68. The van der Waals surface area contributed by atoms with Crippen molar-refractivity contribution in [3.63, 3.8) is 0 Å². The van der Waals surface area contributed by atoms with Gasteiger partial charge in [0.05, 0.1) is 0 Å². The van der Waals surface area contributed by atoms with Crippen molar-refractivity contribution in [1.29, 1.82) is 0 Å². The van der Waals surface area contributed by atoms with Crippen LogP contribution in [0, 0.1) is 14.9 Å². The summed E-state index contributed by atoms with van der Waals surface area (Å²) in [5.74, 6) is 0. The van der Waals surface area contributed by atoms with Gasteiger partial charge in [0.15, 0.2) is 0 Å². The third-order valence-corrected chi connectivity index (χ3v) is 5.77. The molecular formula is C30H40SiZr. The maximum atomic E-state index is 2.35. The van der Waals surface area contributed by atoms with Crippen molar-refractivity contribution < 1.29 is 26.2 Å². The first kappa shape index (κ1) is 32.9. The minimum Gasteiger partial charge on any atom is -0.358 e. The van der Waals surface area contributed by atoms with Crippen LogP contribution in [-0.4, -0.2) is 11.0 Å². The van der Waals surface area contributed by atoms with Crippen LogP contribution < -0.4 is 0 Å². The zero-order chi connectivity index (χ0) is 19.9. The van der Waals surface area contributed by atoms with Crippen LogP contribution in [0.25, 0.3) is 21.5 Å². The number of hydrogen-bond donors (Lipinski definition) is 0. The van der Waals surface area contributed by atoms with E-state index in [9.17, 15) is 0 Å². The van der Waals surface area contributed by atoms with Crippen molar-refractivity contribution in [3.8, 4) is 0 Å². The average molecular weight is 520 g/mol. The molecule has 0 unspecified atom stereocenters. The molecule has 0 bridgehead atoms. The first-order valence-corrected chi connectivity index (χ1v) is 11.1. The Bertz CT molecular complexity index is 938. The molecule has 0 aliphatic rings. The Kier molecular flexibility index (Phi) is 16.9. The first-order chi connectivity index (χ1) is 13.7. The first-order valence-electron chi connectivity index (χ1n) is 11.1. The van der Waals surface area contributed by atoms with Crippen molar-refractivity contribution in [2.45, 2.75) is 66.2 Å². The molecule has 0 aromatic heterocycles. The molecule has 0 saturated heterocycles. The van der Waals surface area contributed by atoms with E-state index in [2.05, 4.69) is 88.4 Å². The molecule has 0 atom stereocenters. The van der Waals surface area contributed by atoms with E-state index in [0.717, 1.165) is 12.8 Å². The summed E-state index contributed by atoms with van der Waals surface area (Å²) in [5.41, 5.74) is 6.22. The number of hydrogen-bond acceptors (Lipinski definition) is 0. The monoisotopic (exact) mass is 518 g/mol. The van der Waals surface area contributed by atoms with Crippen LogP contribution in [0.1, 0.15) is 62.8 Å². The van der Waals surface area contributed by atoms with Gasteiger partial charge in [0.1, 0.15) is 0 Å². The average Bonchev–Trinajstić information content (AvgIpc) is 3.27. The second-order valence-electron chi connectivity index (χ2n) is 7.68. The number of benzene rings is 2. The van der Waals surface area contributed by atoms with Crippen LogP contribution in [0.15, 0.2) is 60.7 Å². The number of aryl methyl sites for hydroxylation is 4. The van der Waals surface area contributed by atoms with Crippen LogP contribution in [-0.2, 0) is 51.9 Å². The summed E-state index contributed by atoms with van der Waals surface area (Å²) >= 11 is 0. The van der Waals surface area contributed by atoms with Crippen molar-refractivity contribution >= 4 is 32.5 Å². The molecular weight excluding hydrogens is 480 g/mol. The van der Waals surface area contributed by atoms with E-state index >= 15 is 0 Å². The minimum atomic E-state index is 0. The van der Waals surface area contributed by atoms with Gasteiger partial charge in [0, 0.05) is 11.0 Å². The molecule has 168 valence electrons. The number of fused-ring (bicyclic) bond motifs is 2. The van der Waals surface area contributed by atoms with Crippen molar-refractivity contribution in [3.05, 3.63) is 97.8 Å². The van der Waals surface area contributed by atoms with Gasteiger partial charge in [-0.25, -0.2) is 0 Å². The SMILES string of the molecule is CCCc1c(CC)[cH-]c2ccccc12.CCCc1c(CC)[cH-]c2ccccc12.[CH3-].[CH3-].[Si].[Zr+4]. The van der Waals surface area contributed by atoms with E-state index in [1.54, 1.807) is 11.1 Å². The summed E-state index contributed by atoms with van der Waals surface area (Å²) in [5, 5.41) is 5.75. The summed E-state index contributed by atoms with van der Waals surface area (Å²) in [6.07, 6.45) is 7.23. The van der Waals surface area contributed by atoms with E-state index in [1.165, 1.54) is 58.4 Å². The van der Waals surface area contributed by atoms with Gasteiger partial charge in [-0.15, -0.1) is 81.2 Å². The fourth-order valence-electron chi connectivity index (χ4n) is 4.41. The third-order valence-electron chi connectivity index (χ3n) is 5.77. The van der Waals surface area contributed by atoms with Gasteiger partial charge in [-0.2, -0.15) is 11.1 Å². The fourth-order valence-corrected chi connectivity index (χ4v) is 4.41. The van der Waals surface area contributed by atoms with E-state index in [1.807, 2.05) is 0 Å². The number of rotatable bonds is 6. The summed E-state index contributed by atoms with van der Waals surface area (Å²) in [4.78, 5) is 0. The molecule has 32 heavy (non-hydrogen) atoms. The van der Waals surface area contributed by atoms with E-state index in [4.69, 9.17) is 0 Å². The van der Waals surface area contributed by atoms with Gasteiger partial charge in [-0.05, 0) is 12.8 Å². The summed E-state index contributed by atoms with van der Waals surface area (Å²) in [6, 6.07) is 22.2.